The summed E-state index contributed by atoms with van der Waals surface area (Å²) in [5.41, 5.74) is 3.03. The molecule has 0 saturated carbocycles. The maximum absolute atomic E-state index is 12.3. The number of nitrogens with zero attached hydrogens (tertiary/aromatic N) is 5. The quantitative estimate of drug-likeness (QED) is 0.776. The molecule has 0 unspecified atom stereocenters. The molecule has 1 fully saturated rings. The van der Waals surface area contributed by atoms with Gasteiger partial charge in [-0.3, -0.25) is 9.88 Å². The number of hydrogen-bond donors (Lipinski definition) is 0. The molecule has 160 valence electrons. The fourth-order valence-corrected chi connectivity index (χ4v) is 3.91. The van der Waals surface area contributed by atoms with Crippen LogP contribution in [0.2, 0.25) is 0 Å². The number of anilines is 1. The molecule has 1 saturated heterocycles. The summed E-state index contributed by atoms with van der Waals surface area (Å²) in [5, 5.41) is 0. The average Bonchev–Trinajstić information content (AvgIpc) is 2.73. The van der Waals surface area contributed by atoms with Crippen molar-refractivity contribution in [3.05, 3.63) is 53.5 Å². The summed E-state index contributed by atoms with van der Waals surface area (Å²) in [6.45, 7) is 11.2. The first-order chi connectivity index (χ1) is 14.4. The highest BCUT2D eigenvalue weighted by molar-refractivity contribution is 5.68. The van der Waals surface area contributed by atoms with Crippen molar-refractivity contribution in [1.82, 2.24) is 19.8 Å². The van der Waals surface area contributed by atoms with Gasteiger partial charge in [-0.05, 0) is 26.3 Å². The number of rotatable bonds is 3. The SMILES string of the molecule is CC(C)(C)OC(=O)N1CCN(c2cnc3c(n2)CN(Cc2ccccc2)CC3)CC1. The minimum Gasteiger partial charge on any atom is -0.444 e. The van der Waals surface area contributed by atoms with Crippen molar-refractivity contribution in [3.8, 4) is 0 Å². The number of piperazine rings is 1. The second-order valence-corrected chi connectivity index (χ2v) is 9.02. The summed E-state index contributed by atoms with van der Waals surface area (Å²) in [7, 11) is 0. The fraction of sp³-hybridized carbons (Fsp3) is 0.522. The van der Waals surface area contributed by atoms with Crippen molar-refractivity contribution >= 4 is 11.9 Å². The maximum atomic E-state index is 12.3. The number of carbonyl (C=O) groups is 1. The van der Waals surface area contributed by atoms with E-state index in [1.165, 1.54) is 5.56 Å². The second kappa shape index (κ2) is 8.60. The van der Waals surface area contributed by atoms with E-state index in [0.717, 1.165) is 56.4 Å². The zero-order chi connectivity index (χ0) is 21.1. The Morgan fingerprint density at radius 3 is 2.47 bits per heavy atom. The number of fused-ring (bicyclic) bond motifs is 1. The van der Waals surface area contributed by atoms with E-state index in [1.54, 1.807) is 4.90 Å². The minimum absolute atomic E-state index is 0.241. The van der Waals surface area contributed by atoms with Gasteiger partial charge in [0.05, 0.1) is 17.6 Å². The Morgan fingerprint density at radius 1 is 1.03 bits per heavy atom. The third-order valence-electron chi connectivity index (χ3n) is 5.46. The molecule has 1 amide bonds. The smallest absolute Gasteiger partial charge is 0.410 e. The fourth-order valence-electron chi connectivity index (χ4n) is 3.91. The van der Waals surface area contributed by atoms with Crippen LogP contribution in [-0.2, 0) is 24.2 Å². The molecular weight excluding hydrogens is 378 g/mol. The number of amides is 1. The van der Waals surface area contributed by atoms with E-state index in [4.69, 9.17) is 14.7 Å². The summed E-state index contributed by atoms with van der Waals surface area (Å²) in [4.78, 5) is 28.3. The maximum Gasteiger partial charge on any atom is 0.410 e. The van der Waals surface area contributed by atoms with E-state index in [2.05, 4.69) is 40.1 Å². The Labute approximate surface area is 178 Å². The van der Waals surface area contributed by atoms with Gasteiger partial charge in [-0.15, -0.1) is 0 Å². The lowest BCUT2D eigenvalue weighted by Gasteiger charge is -2.36. The van der Waals surface area contributed by atoms with Crippen LogP contribution in [0.25, 0.3) is 0 Å². The second-order valence-electron chi connectivity index (χ2n) is 9.02. The van der Waals surface area contributed by atoms with Crippen LogP contribution in [0.1, 0.15) is 37.7 Å². The summed E-state index contributed by atoms with van der Waals surface area (Å²) >= 11 is 0. The van der Waals surface area contributed by atoms with Crippen LogP contribution in [0.4, 0.5) is 10.6 Å². The van der Waals surface area contributed by atoms with Crippen molar-refractivity contribution in [2.24, 2.45) is 0 Å². The summed E-state index contributed by atoms with van der Waals surface area (Å²) < 4.78 is 5.49. The average molecular weight is 410 g/mol. The van der Waals surface area contributed by atoms with E-state index in [0.29, 0.717) is 13.1 Å². The standard InChI is InChI=1S/C23H31N5O2/c1-23(2,3)30-22(29)28-13-11-27(12-14-28)21-15-24-19-9-10-26(17-20(19)25-21)16-18-7-5-4-6-8-18/h4-8,15H,9-14,16-17H2,1-3H3. The zero-order valence-electron chi connectivity index (χ0n) is 18.2. The Kier molecular flexibility index (Phi) is 5.90. The Bertz CT molecular complexity index is 873. The molecule has 0 spiro atoms. The van der Waals surface area contributed by atoms with Crippen molar-refractivity contribution in [3.63, 3.8) is 0 Å². The molecular formula is C23H31N5O2. The molecule has 30 heavy (non-hydrogen) atoms. The van der Waals surface area contributed by atoms with Gasteiger partial charge < -0.3 is 14.5 Å². The Morgan fingerprint density at radius 2 is 1.77 bits per heavy atom. The van der Waals surface area contributed by atoms with Gasteiger partial charge in [0.1, 0.15) is 11.4 Å². The zero-order valence-corrected chi connectivity index (χ0v) is 18.2. The van der Waals surface area contributed by atoms with E-state index < -0.39 is 5.60 Å². The van der Waals surface area contributed by atoms with Gasteiger partial charge in [0.15, 0.2) is 0 Å². The van der Waals surface area contributed by atoms with Crippen LogP contribution in [0.5, 0.6) is 0 Å². The monoisotopic (exact) mass is 409 g/mol. The Hall–Kier alpha value is -2.67. The summed E-state index contributed by atoms with van der Waals surface area (Å²) in [6.07, 6.45) is 2.58. The van der Waals surface area contributed by atoms with Crippen LogP contribution in [-0.4, -0.2) is 64.2 Å². The van der Waals surface area contributed by atoms with E-state index in [-0.39, 0.29) is 6.09 Å². The van der Waals surface area contributed by atoms with E-state index in [9.17, 15) is 4.79 Å². The van der Waals surface area contributed by atoms with Gasteiger partial charge in [0.2, 0.25) is 0 Å². The lowest BCUT2D eigenvalue weighted by Crippen LogP contribution is -2.50. The molecule has 1 aromatic carbocycles. The minimum atomic E-state index is -0.468. The largest absolute Gasteiger partial charge is 0.444 e. The number of hydrogen-bond acceptors (Lipinski definition) is 6. The first-order valence-corrected chi connectivity index (χ1v) is 10.7. The van der Waals surface area contributed by atoms with E-state index >= 15 is 0 Å². The van der Waals surface area contributed by atoms with Crippen molar-refractivity contribution < 1.29 is 9.53 Å². The summed E-state index contributed by atoms with van der Waals surface area (Å²) in [5.74, 6) is 0.902. The predicted octanol–water partition coefficient (Wildman–Crippen LogP) is 3.09. The molecule has 7 heteroatoms. The molecule has 4 rings (SSSR count). The van der Waals surface area contributed by atoms with Crippen molar-refractivity contribution in [1.29, 1.82) is 0 Å². The van der Waals surface area contributed by atoms with Gasteiger partial charge >= 0.3 is 6.09 Å². The van der Waals surface area contributed by atoms with Crippen molar-refractivity contribution in [2.75, 3.05) is 37.6 Å². The molecule has 3 heterocycles. The van der Waals surface area contributed by atoms with Crippen molar-refractivity contribution in [2.45, 2.75) is 45.9 Å². The topological polar surface area (TPSA) is 61.8 Å². The molecule has 0 bridgehead atoms. The molecule has 7 nitrogen and oxygen atoms in total. The van der Waals surface area contributed by atoms with Gasteiger partial charge in [0.25, 0.3) is 0 Å². The van der Waals surface area contributed by atoms with Gasteiger partial charge in [-0.1, -0.05) is 30.3 Å². The highest BCUT2D eigenvalue weighted by Crippen LogP contribution is 2.22. The molecule has 0 aliphatic carbocycles. The third-order valence-corrected chi connectivity index (χ3v) is 5.46. The lowest BCUT2D eigenvalue weighted by molar-refractivity contribution is 0.0240. The van der Waals surface area contributed by atoms with Gasteiger partial charge in [-0.2, -0.15) is 0 Å². The predicted molar refractivity (Wildman–Crippen MR) is 116 cm³/mol. The molecule has 1 aromatic heterocycles. The third kappa shape index (κ3) is 5.08. The van der Waals surface area contributed by atoms with Gasteiger partial charge in [-0.25, -0.2) is 9.78 Å². The molecule has 0 N–H and O–H groups in total. The van der Waals surface area contributed by atoms with Crippen LogP contribution in [0.15, 0.2) is 36.5 Å². The molecule has 2 aromatic rings. The number of aromatic nitrogens is 2. The molecule has 2 aliphatic heterocycles. The Balaban J connectivity index is 1.37. The van der Waals surface area contributed by atoms with Gasteiger partial charge in [0, 0.05) is 52.2 Å². The first-order valence-electron chi connectivity index (χ1n) is 10.7. The van der Waals surface area contributed by atoms with Crippen LogP contribution in [0, 0.1) is 0 Å². The first kappa shape index (κ1) is 20.6. The molecule has 0 atom stereocenters. The molecule has 2 aliphatic rings. The van der Waals surface area contributed by atoms with E-state index in [1.807, 2.05) is 27.0 Å². The highest BCUT2D eigenvalue weighted by atomic mass is 16.6. The lowest BCUT2D eigenvalue weighted by atomic mass is 10.1. The number of ether oxygens (including phenoxy) is 1. The number of benzene rings is 1. The number of carbonyl (C=O) groups excluding carboxylic acids is 1. The normalized spacial score (nSPS) is 17.6. The summed E-state index contributed by atoms with van der Waals surface area (Å²) in [6, 6.07) is 10.6. The van der Waals surface area contributed by atoms with Crippen LogP contribution in [0.3, 0.4) is 0 Å². The molecule has 0 radical (unpaired) electrons. The van der Waals surface area contributed by atoms with Crippen LogP contribution < -0.4 is 4.90 Å². The highest BCUT2D eigenvalue weighted by Gasteiger charge is 2.27. The van der Waals surface area contributed by atoms with Crippen LogP contribution >= 0.6 is 0 Å².